The molecule has 3 rings (SSSR count). The van der Waals surface area contributed by atoms with E-state index in [0.717, 1.165) is 11.3 Å². The maximum absolute atomic E-state index is 12.5. The van der Waals surface area contributed by atoms with Crippen molar-refractivity contribution in [2.75, 3.05) is 12.4 Å². The lowest BCUT2D eigenvalue weighted by Gasteiger charge is -2.09. The molecule has 1 N–H and O–H groups in total. The minimum Gasteiger partial charge on any atom is -0.496 e. The molecule has 0 heterocycles. The Balaban J connectivity index is 1.76. The SMILES string of the molecule is COc1ccccc1C(=O)Nc1cccc(/N=N/c2cccc(C)c2)c1. The lowest BCUT2D eigenvalue weighted by atomic mass is 10.2. The van der Waals surface area contributed by atoms with Gasteiger partial charge in [0.2, 0.25) is 0 Å². The molecule has 0 spiro atoms. The summed E-state index contributed by atoms with van der Waals surface area (Å²) in [6.07, 6.45) is 0. The number of ether oxygens (including phenoxy) is 1. The van der Waals surface area contributed by atoms with Crippen LogP contribution < -0.4 is 10.1 Å². The van der Waals surface area contributed by atoms with E-state index in [9.17, 15) is 4.79 Å². The van der Waals surface area contributed by atoms with Gasteiger partial charge in [0.1, 0.15) is 5.75 Å². The highest BCUT2D eigenvalue weighted by molar-refractivity contribution is 6.06. The van der Waals surface area contributed by atoms with Gasteiger partial charge in [0, 0.05) is 5.69 Å². The standard InChI is InChI=1S/C21H19N3O2/c1-15-7-5-9-17(13-15)23-24-18-10-6-8-16(14-18)22-21(25)19-11-3-4-12-20(19)26-2/h3-14H,1-2H3,(H,22,25)/b24-23+. The van der Waals surface area contributed by atoms with Gasteiger partial charge >= 0.3 is 0 Å². The number of nitrogens with zero attached hydrogens (tertiary/aromatic N) is 2. The Morgan fingerprint density at radius 2 is 1.58 bits per heavy atom. The molecule has 0 unspecified atom stereocenters. The molecule has 0 fully saturated rings. The Labute approximate surface area is 152 Å². The summed E-state index contributed by atoms with van der Waals surface area (Å²) >= 11 is 0. The Hall–Kier alpha value is -3.47. The van der Waals surface area contributed by atoms with E-state index in [0.29, 0.717) is 22.7 Å². The first-order valence-electron chi connectivity index (χ1n) is 8.18. The second-order valence-electron chi connectivity index (χ2n) is 5.74. The molecule has 3 aromatic rings. The minimum atomic E-state index is -0.241. The summed E-state index contributed by atoms with van der Waals surface area (Å²) in [4.78, 5) is 12.5. The van der Waals surface area contributed by atoms with Crippen LogP contribution in [0, 0.1) is 6.92 Å². The molecule has 0 bridgehead atoms. The summed E-state index contributed by atoms with van der Waals surface area (Å²) < 4.78 is 5.23. The molecule has 26 heavy (non-hydrogen) atoms. The zero-order valence-electron chi connectivity index (χ0n) is 14.6. The highest BCUT2D eigenvalue weighted by Gasteiger charge is 2.11. The third-order valence-electron chi connectivity index (χ3n) is 3.74. The molecule has 0 radical (unpaired) electrons. The van der Waals surface area contributed by atoms with E-state index in [1.54, 1.807) is 37.4 Å². The van der Waals surface area contributed by atoms with Gasteiger partial charge < -0.3 is 10.1 Å². The number of rotatable bonds is 5. The van der Waals surface area contributed by atoms with Crippen LogP contribution >= 0.6 is 0 Å². The summed E-state index contributed by atoms with van der Waals surface area (Å²) in [6, 6.07) is 22.1. The van der Waals surface area contributed by atoms with Crippen LogP contribution in [0.2, 0.25) is 0 Å². The molecule has 0 atom stereocenters. The lowest BCUT2D eigenvalue weighted by Crippen LogP contribution is -2.12. The van der Waals surface area contributed by atoms with E-state index in [-0.39, 0.29) is 5.91 Å². The molecule has 0 aliphatic heterocycles. The topological polar surface area (TPSA) is 63.0 Å². The zero-order chi connectivity index (χ0) is 18.4. The maximum atomic E-state index is 12.5. The largest absolute Gasteiger partial charge is 0.496 e. The van der Waals surface area contributed by atoms with Crippen LogP contribution in [0.3, 0.4) is 0 Å². The molecule has 0 aromatic heterocycles. The number of azo groups is 1. The number of benzene rings is 3. The predicted molar refractivity (Wildman–Crippen MR) is 103 cm³/mol. The van der Waals surface area contributed by atoms with Gasteiger partial charge in [0.05, 0.1) is 24.0 Å². The lowest BCUT2D eigenvalue weighted by molar-refractivity contribution is 0.102. The van der Waals surface area contributed by atoms with E-state index in [1.165, 1.54) is 0 Å². The number of carbonyl (C=O) groups is 1. The van der Waals surface area contributed by atoms with Crippen LogP contribution in [0.15, 0.2) is 83.0 Å². The highest BCUT2D eigenvalue weighted by Crippen LogP contribution is 2.23. The van der Waals surface area contributed by atoms with Crippen molar-refractivity contribution in [2.24, 2.45) is 10.2 Å². The van der Waals surface area contributed by atoms with Crippen LogP contribution in [0.25, 0.3) is 0 Å². The summed E-state index contributed by atoms with van der Waals surface area (Å²) in [5, 5.41) is 11.3. The summed E-state index contributed by atoms with van der Waals surface area (Å²) in [5.74, 6) is 0.288. The first kappa shape index (κ1) is 17.4. The number of nitrogens with one attached hydrogen (secondary N) is 1. The molecule has 3 aromatic carbocycles. The van der Waals surface area contributed by atoms with Crippen molar-refractivity contribution in [2.45, 2.75) is 6.92 Å². The van der Waals surface area contributed by atoms with Crippen molar-refractivity contribution in [1.82, 2.24) is 0 Å². The minimum absolute atomic E-state index is 0.241. The summed E-state index contributed by atoms with van der Waals surface area (Å²) in [7, 11) is 1.54. The second-order valence-corrected chi connectivity index (χ2v) is 5.74. The van der Waals surface area contributed by atoms with Gasteiger partial charge in [-0.2, -0.15) is 10.2 Å². The number of amides is 1. The van der Waals surface area contributed by atoms with E-state index < -0.39 is 0 Å². The van der Waals surface area contributed by atoms with Gasteiger partial charge in [-0.25, -0.2) is 0 Å². The monoisotopic (exact) mass is 345 g/mol. The number of hydrogen-bond acceptors (Lipinski definition) is 4. The van der Waals surface area contributed by atoms with Crippen LogP contribution in [-0.2, 0) is 0 Å². The number of methoxy groups -OCH3 is 1. The average molecular weight is 345 g/mol. The van der Waals surface area contributed by atoms with Crippen LogP contribution in [0.1, 0.15) is 15.9 Å². The fourth-order valence-corrected chi connectivity index (χ4v) is 2.48. The molecule has 5 heteroatoms. The molecular formula is C21H19N3O2. The number of anilines is 1. The smallest absolute Gasteiger partial charge is 0.259 e. The molecule has 130 valence electrons. The molecular weight excluding hydrogens is 326 g/mol. The number of para-hydroxylation sites is 1. The molecule has 0 aliphatic carbocycles. The first-order valence-corrected chi connectivity index (χ1v) is 8.18. The third-order valence-corrected chi connectivity index (χ3v) is 3.74. The predicted octanol–water partition coefficient (Wildman–Crippen LogP) is 5.67. The maximum Gasteiger partial charge on any atom is 0.259 e. The Morgan fingerprint density at radius 3 is 2.31 bits per heavy atom. The zero-order valence-corrected chi connectivity index (χ0v) is 14.6. The van der Waals surface area contributed by atoms with E-state index in [2.05, 4.69) is 15.5 Å². The molecule has 1 amide bonds. The fraction of sp³-hybridized carbons (Fsp3) is 0.0952. The van der Waals surface area contributed by atoms with Crippen molar-refractivity contribution in [3.05, 3.63) is 83.9 Å². The fourth-order valence-electron chi connectivity index (χ4n) is 2.48. The van der Waals surface area contributed by atoms with Gasteiger partial charge in [-0.1, -0.05) is 30.3 Å². The third kappa shape index (κ3) is 4.33. The highest BCUT2D eigenvalue weighted by atomic mass is 16.5. The Bertz CT molecular complexity index is 951. The summed E-state index contributed by atoms with van der Waals surface area (Å²) in [5.41, 5.74) is 3.68. The first-order chi connectivity index (χ1) is 12.7. The Kier molecular flexibility index (Phi) is 5.39. The van der Waals surface area contributed by atoms with E-state index in [1.807, 2.05) is 49.4 Å². The van der Waals surface area contributed by atoms with Crippen LogP contribution in [-0.4, -0.2) is 13.0 Å². The van der Waals surface area contributed by atoms with Crippen LogP contribution in [0.4, 0.5) is 17.1 Å². The molecule has 0 saturated heterocycles. The van der Waals surface area contributed by atoms with Crippen molar-refractivity contribution in [3.8, 4) is 5.75 Å². The van der Waals surface area contributed by atoms with Crippen molar-refractivity contribution < 1.29 is 9.53 Å². The van der Waals surface area contributed by atoms with Gasteiger partial charge in [-0.3, -0.25) is 4.79 Å². The van der Waals surface area contributed by atoms with Gasteiger partial charge in [-0.05, 0) is 55.0 Å². The normalized spacial score (nSPS) is 10.7. The van der Waals surface area contributed by atoms with Gasteiger partial charge in [-0.15, -0.1) is 0 Å². The molecule has 0 aliphatic rings. The van der Waals surface area contributed by atoms with E-state index in [4.69, 9.17) is 4.74 Å². The van der Waals surface area contributed by atoms with Crippen LogP contribution in [0.5, 0.6) is 5.75 Å². The van der Waals surface area contributed by atoms with Crippen molar-refractivity contribution >= 4 is 23.0 Å². The van der Waals surface area contributed by atoms with Gasteiger partial charge in [0.15, 0.2) is 0 Å². The average Bonchev–Trinajstić information content (AvgIpc) is 2.66. The second kappa shape index (κ2) is 8.07. The van der Waals surface area contributed by atoms with Gasteiger partial charge in [0.25, 0.3) is 5.91 Å². The quantitative estimate of drug-likeness (QED) is 0.605. The number of carbonyl (C=O) groups excluding carboxylic acids is 1. The van der Waals surface area contributed by atoms with E-state index >= 15 is 0 Å². The van der Waals surface area contributed by atoms with Crippen molar-refractivity contribution in [1.29, 1.82) is 0 Å². The Morgan fingerprint density at radius 1 is 0.885 bits per heavy atom. The molecule has 5 nitrogen and oxygen atoms in total. The molecule has 0 saturated carbocycles. The van der Waals surface area contributed by atoms with Crippen molar-refractivity contribution in [3.63, 3.8) is 0 Å². The summed E-state index contributed by atoms with van der Waals surface area (Å²) in [6.45, 7) is 2.01. The number of hydrogen-bond donors (Lipinski definition) is 1. The number of aryl methyl sites for hydroxylation is 1.